The minimum absolute atomic E-state index is 0.0924. The van der Waals surface area contributed by atoms with Gasteiger partial charge in [0.05, 0.1) is 42.6 Å². The Morgan fingerprint density at radius 3 is 2.27 bits per heavy atom. The maximum atomic E-state index is 14.4. The highest BCUT2D eigenvalue weighted by molar-refractivity contribution is 7.44. The molecule has 55 heavy (non-hydrogen) atoms. The Morgan fingerprint density at radius 2 is 1.65 bits per heavy atom. The molecule has 4 fully saturated rings. The molecule has 14 nitrogen and oxygen atoms in total. The predicted octanol–water partition coefficient (Wildman–Crippen LogP) is 4.55. The van der Waals surface area contributed by atoms with E-state index in [-0.39, 0.29) is 24.3 Å². The summed E-state index contributed by atoms with van der Waals surface area (Å²) < 4.78 is 46.1. The second kappa shape index (κ2) is 18.0. The lowest BCUT2D eigenvalue weighted by molar-refractivity contribution is -0.292. The van der Waals surface area contributed by atoms with E-state index >= 15 is 0 Å². The molecule has 308 valence electrons. The molecule has 0 spiro atoms. The van der Waals surface area contributed by atoms with E-state index in [4.69, 9.17) is 32.7 Å². The molecule has 4 aliphatic heterocycles. The van der Waals surface area contributed by atoms with Gasteiger partial charge in [-0.3, -0.25) is 14.4 Å². The first-order chi connectivity index (χ1) is 25.9. The Morgan fingerprint density at radius 1 is 1.00 bits per heavy atom. The van der Waals surface area contributed by atoms with Crippen LogP contribution in [0.25, 0.3) is 0 Å². The zero-order valence-electron chi connectivity index (χ0n) is 34.0. The van der Waals surface area contributed by atoms with Crippen molar-refractivity contribution in [3.05, 3.63) is 35.9 Å². The van der Waals surface area contributed by atoms with Crippen LogP contribution in [-0.2, 0) is 47.1 Å². The summed E-state index contributed by atoms with van der Waals surface area (Å²) in [6.07, 6.45) is -4.68. The van der Waals surface area contributed by atoms with Crippen LogP contribution >= 0.6 is 8.53 Å². The summed E-state index contributed by atoms with van der Waals surface area (Å²) in [7, 11) is 2.12. The first-order valence-corrected chi connectivity index (χ1v) is 20.7. The standard InChI is InChI=1S/C40H61N2O12P/c1-11-30-40(8)35(53-55(54-40)42-17-19-48-20-18-42)25(4)31(43)23(2)22-39(7,47)34(26(5)32(44)27(6)36(45)50-30)52-38-33(29(41(9)10)21-24(3)49-38)51-37(46)28-15-13-12-14-16-28/h12-16,23-27,29-30,33-35,38,47H,11,17-22H2,1-10H3/t23-,24-,25+,26+,27-,29+,30-,33-,34-,35-,38+,39-,40-,55?/m1/s1. The molecule has 15 heteroatoms. The Bertz CT molecular complexity index is 1510. The fourth-order valence-electron chi connectivity index (χ4n) is 8.54. The largest absolute Gasteiger partial charge is 0.459 e. The number of ether oxygens (including phenoxy) is 5. The molecular weight excluding hydrogens is 731 g/mol. The summed E-state index contributed by atoms with van der Waals surface area (Å²) in [5.41, 5.74) is -2.68. The molecule has 14 atom stereocenters. The fraction of sp³-hybridized carbons (Fsp3) is 0.750. The van der Waals surface area contributed by atoms with Crippen molar-refractivity contribution < 1.29 is 57.0 Å². The van der Waals surface area contributed by atoms with Crippen LogP contribution in [0.4, 0.5) is 0 Å². The highest BCUT2D eigenvalue weighted by Crippen LogP contribution is 2.59. The fourth-order valence-corrected chi connectivity index (χ4v) is 10.5. The number of rotatable bonds is 7. The minimum Gasteiger partial charge on any atom is -0.459 e. The Hall–Kier alpha value is -2.39. The molecule has 0 bridgehead atoms. The van der Waals surface area contributed by atoms with Gasteiger partial charge in [-0.25, -0.2) is 9.46 Å². The molecule has 0 aromatic heterocycles. The molecule has 0 saturated carbocycles. The number of hydrogen-bond donors (Lipinski definition) is 1. The van der Waals surface area contributed by atoms with Crippen LogP contribution in [0.1, 0.15) is 85.0 Å². The third-order valence-electron chi connectivity index (χ3n) is 11.7. The lowest BCUT2D eigenvalue weighted by atomic mass is 9.74. The van der Waals surface area contributed by atoms with Gasteiger partial charge >= 0.3 is 11.9 Å². The number of carbonyl (C=O) groups excluding carboxylic acids is 4. The van der Waals surface area contributed by atoms with Gasteiger partial charge in [-0.05, 0) is 73.2 Å². The molecule has 0 aliphatic carbocycles. The first kappa shape index (κ1) is 43.7. The molecule has 1 aromatic carbocycles. The van der Waals surface area contributed by atoms with Crippen LogP contribution in [0.3, 0.4) is 0 Å². The number of likely N-dealkylation sites (N-methyl/N-ethyl adjacent to an activating group) is 1. The lowest BCUT2D eigenvalue weighted by Gasteiger charge is -2.46. The number of fused-ring (bicyclic) bond motifs is 1. The Kier molecular flexibility index (Phi) is 14.3. The quantitative estimate of drug-likeness (QED) is 0.233. The normalized spacial score (nSPS) is 41.3. The number of cyclic esters (lactones) is 1. The lowest BCUT2D eigenvalue weighted by Crippen LogP contribution is -2.60. The molecule has 1 N–H and O–H groups in total. The van der Waals surface area contributed by atoms with E-state index in [1.165, 1.54) is 13.8 Å². The van der Waals surface area contributed by atoms with E-state index in [9.17, 15) is 24.3 Å². The van der Waals surface area contributed by atoms with Gasteiger partial charge in [-0.1, -0.05) is 45.9 Å². The third kappa shape index (κ3) is 9.50. The van der Waals surface area contributed by atoms with Crippen LogP contribution < -0.4 is 0 Å². The maximum Gasteiger partial charge on any atom is 0.338 e. The van der Waals surface area contributed by atoms with Crippen LogP contribution in [0.2, 0.25) is 0 Å². The van der Waals surface area contributed by atoms with Gasteiger partial charge in [0.15, 0.2) is 18.2 Å². The smallest absolute Gasteiger partial charge is 0.338 e. The van der Waals surface area contributed by atoms with Gasteiger partial charge < -0.3 is 42.7 Å². The molecule has 4 aliphatic rings. The van der Waals surface area contributed by atoms with Gasteiger partial charge in [0.25, 0.3) is 8.53 Å². The van der Waals surface area contributed by atoms with Crippen molar-refractivity contribution in [2.24, 2.45) is 23.7 Å². The van der Waals surface area contributed by atoms with Crippen LogP contribution in [0.5, 0.6) is 0 Å². The maximum absolute atomic E-state index is 14.4. The number of ketones is 2. The Balaban J connectivity index is 1.50. The second-order valence-corrected chi connectivity index (χ2v) is 17.8. The zero-order valence-corrected chi connectivity index (χ0v) is 34.9. The average Bonchev–Trinajstić information content (AvgIpc) is 3.52. The van der Waals surface area contributed by atoms with Crippen molar-refractivity contribution in [1.82, 2.24) is 9.57 Å². The van der Waals surface area contributed by atoms with E-state index in [0.29, 0.717) is 44.7 Å². The summed E-state index contributed by atoms with van der Waals surface area (Å²) in [6.45, 7) is 15.9. The number of nitrogens with zero attached hydrogens (tertiary/aromatic N) is 2. The van der Waals surface area contributed by atoms with Gasteiger partial charge in [0, 0.05) is 30.8 Å². The predicted molar refractivity (Wildman–Crippen MR) is 203 cm³/mol. The van der Waals surface area contributed by atoms with Crippen molar-refractivity contribution in [3.63, 3.8) is 0 Å². The topological polar surface area (TPSA) is 160 Å². The number of benzene rings is 1. The summed E-state index contributed by atoms with van der Waals surface area (Å²) in [5.74, 6) is -5.84. The van der Waals surface area contributed by atoms with Crippen molar-refractivity contribution in [2.45, 2.75) is 129 Å². The number of Topliss-reactive ketones (excluding diaryl/α,β-unsaturated/α-hetero) is 2. The number of morpholine rings is 1. The molecule has 0 radical (unpaired) electrons. The number of aliphatic hydroxyl groups is 1. The molecule has 4 saturated heterocycles. The second-order valence-electron chi connectivity index (χ2n) is 16.4. The summed E-state index contributed by atoms with van der Waals surface area (Å²) in [6, 6.07) is 8.23. The third-order valence-corrected chi connectivity index (χ3v) is 13.5. The van der Waals surface area contributed by atoms with Gasteiger partial charge in [-0.2, -0.15) is 0 Å². The summed E-state index contributed by atoms with van der Waals surface area (Å²) in [4.78, 5) is 58.1. The molecule has 1 aromatic rings. The molecule has 0 amide bonds. The first-order valence-electron chi connectivity index (χ1n) is 19.6. The van der Waals surface area contributed by atoms with Crippen molar-refractivity contribution in [1.29, 1.82) is 0 Å². The molecular formula is C40H61N2O12P. The van der Waals surface area contributed by atoms with Crippen molar-refractivity contribution >= 4 is 32.0 Å². The van der Waals surface area contributed by atoms with E-state index in [1.807, 2.05) is 39.8 Å². The highest BCUT2D eigenvalue weighted by Gasteiger charge is 2.59. The van der Waals surface area contributed by atoms with Crippen LogP contribution in [0, 0.1) is 23.7 Å². The molecule has 5 rings (SSSR count). The van der Waals surface area contributed by atoms with Gasteiger partial charge in [-0.15, -0.1) is 0 Å². The van der Waals surface area contributed by atoms with Crippen LogP contribution in [0.15, 0.2) is 30.3 Å². The van der Waals surface area contributed by atoms with Crippen LogP contribution in [-0.4, -0.2) is 133 Å². The Labute approximate surface area is 326 Å². The van der Waals surface area contributed by atoms with Crippen molar-refractivity contribution in [2.75, 3.05) is 40.4 Å². The van der Waals surface area contributed by atoms with E-state index < -0.39 is 91.8 Å². The van der Waals surface area contributed by atoms with Crippen molar-refractivity contribution in [3.8, 4) is 0 Å². The monoisotopic (exact) mass is 792 g/mol. The van der Waals surface area contributed by atoms with Gasteiger partial charge in [0.1, 0.15) is 29.5 Å². The number of carbonyl (C=O) groups is 4. The minimum atomic E-state index is -1.81. The SMILES string of the molecule is CC[C@H]1OC(=O)[C@H](C)C(=O)[C@H](C)[C@@H](O[C@@H]2O[C@H](C)C[C@H](N(C)C)[C@H]2OC(=O)c2ccccc2)[C@](C)(O)C[C@@H](C)C(=O)[C@H](C)[C@H]2OP(N3CCOCC3)O[C@@]21C. The van der Waals surface area contributed by atoms with Gasteiger partial charge in [0.2, 0.25) is 0 Å². The van der Waals surface area contributed by atoms with E-state index in [1.54, 1.807) is 51.1 Å². The van der Waals surface area contributed by atoms with E-state index in [0.717, 1.165) is 0 Å². The summed E-state index contributed by atoms with van der Waals surface area (Å²) in [5, 5.41) is 12.4. The highest BCUT2D eigenvalue weighted by atomic mass is 31.2. The summed E-state index contributed by atoms with van der Waals surface area (Å²) >= 11 is 0. The number of hydrogen-bond acceptors (Lipinski definition) is 14. The molecule has 1 unspecified atom stereocenters. The van der Waals surface area contributed by atoms with E-state index in [2.05, 4.69) is 4.67 Å². The average molecular weight is 793 g/mol. The number of esters is 2. The molecule has 4 heterocycles. The zero-order chi connectivity index (χ0) is 40.4.